The molecule has 138 valence electrons. The van der Waals surface area contributed by atoms with Gasteiger partial charge < -0.3 is 14.6 Å². The first-order valence-corrected chi connectivity index (χ1v) is 8.28. The Balaban J connectivity index is 2.28. The second-order valence-corrected chi connectivity index (χ2v) is 6.14. The minimum Gasteiger partial charge on any atom is -0.506 e. The van der Waals surface area contributed by atoms with E-state index >= 15 is 0 Å². The van der Waals surface area contributed by atoms with Crippen LogP contribution in [0.25, 0.3) is 10.9 Å². The molecule has 3 aromatic rings. The van der Waals surface area contributed by atoms with Gasteiger partial charge in [-0.2, -0.15) is 0 Å². The average molecular weight is 388 g/mol. The van der Waals surface area contributed by atoms with Crippen LogP contribution in [0.5, 0.6) is 5.75 Å². The number of benzene rings is 2. The zero-order valence-corrected chi connectivity index (χ0v) is 15.2. The molecule has 0 unspecified atom stereocenters. The van der Waals surface area contributed by atoms with Gasteiger partial charge in [0.25, 0.3) is 11.5 Å². The van der Waals surface area contributed by atoms with Crippen molar-refractivity contribution < 1.29 is 18.7 Å². The number of hydrogen-bond acceptors (Lipinski definition) is 4. The summed E-state index contributed by atoms with van der Waals surface area (Å²) in [4.78, 5) is 26.3. The van der Waals surface area contributed by atoms with Gasteiger partial charge in [-0.1, -0.05) is 24.4 Å². The summed E-state index contributed by atoms with van der Waals surface area (Å²) in [5.41, 5.74) is -0.850. The number of rotatable bonds is 3. The lowest BCUT2D eigenvalue weighted by atomic mass is 10.0. The van der Waals surface area contributed by atoms with Crippen LogP contribution in [0.3, 0.4) is 0 Å². The van der Waals surface area contributed by atoms with E-state index in [1.54, 1.807) is 18.2 Å². The van der Waals surface area contributed by atoms with Gasteiger partial charge in [0.2, 0.25) is 0 Å². The van der Waals surface area contributed by atoms with Crippen molar-refractivity contribution in [2.45, 2.75) is 0 Å². The van der Waals surface area contributed by atoms with E-state index in [9.17, 15) is 23.5 Å². The minimum atomic E-state index is -0.973. The molecule has 1 amide bonds. The van der Waals surface area contributed by atoms with Crippen LogP contribution in [-0.4, -0.2) is 28.0 Å². The molecule has 0 spiro atoms. The van der Waals surface area contributed by atoms with Crippen LogP contribution < -0.4 is 10.5 Å². The van der Waals surface area contributed by atoms with Gasteiger partial charge in [-0.05, 0) is 23.8 Å². The Bertz CT molecular complexity index is 1160. The van der Waals surface area contributed by atoms with E-state index in [2.05, 4.69) is 0 Å². The van der Waals surface area contributed by atoms with Crippen molar-refractivity contribution in [1.29, 1.82) is 0 Å². The molecule has 0 saturated carbocycles. The Morgan fingerprint density at radius 1 is 1.26 bits per heavy atom. The maximum absolute atomic E-state index is 14.0. The van der Waals surface area contributed by atoms with Crippen molar-refractivity contribution in [2.24, 2.45) is 7.05 Å². The highest BCUT2D eigenvalue weighted by Crippen LogP contribution is 2.30. The first-order valence-electron chi connectivity index (χ1n) is 7.81. The molecule has 1 heterocycles. The summed E-state index contributed by atoms with van der Waals surface area (Å²) in [6.45, 7) is 0. The Kier molecular flexibility index (Phi) is 4.75. The van der Waals surface area contributed by atoms with Crippen molar-refractivity contribution in [2.75, 3.05) is 11.9 Å². The van der Waals surface area contributed by atoms with Gasteiger partial charge in [0.15, 0.2) is 0 Å². The fourth-order valence-electron chi connectivity index (χ4n) is 2.91. The molecule has 0 aliphatic carbocycles. The summed E-state index contributed by atoms with van der Waals surface area (Å²) < 4.78 is 28.7. The summed E-state index contributed by atoms with van der Waals surface area (Å²) >= 11 is 4.94. The number of aryl methyl sites for hydroxylation is 1. The second-order valence-electron chi connectivity index (χ2n) is 5.91. The number of fused-ring (bicyclic) bond motifs is 1. The number of carbonyl (C=O) groups is 1. The Labute approximate surface area is 158 Å². The topological polar surface area (TPSA) is 62.5 Å². The molecular weight excluding hydrogens is 374 g/mol. The van der Waals surface area contributed by atoms with E-state index in [0.717, 1.165) is 23.1 Å². The third-order valence-corrected chi connectivity index (χ3v) is 4.60. The molecular formula is C19H14F2N2O3S. The molecule has 0 aliphatic rings. The predicted molar refractivity (Wildman–Crippen MR) is 103 cm³/mol. The third kappa shape index (κ3) is 2.97. The number of hydrogen-bond donors (Lipinski definition) is 1. The van der Waals surface area contributed by atoms with Crippen LogP contribution in [-0.2, 0) is 7.05 Å². The summed E-state index contributed by atoms with van der Waals surface area (Å²) in [7, 11) is 2.63. The smallest absolute Gasteiger partial charge is 0.267 e. The number of anilines is 1. The molecule has 3 rings (SSSR count). The predicted octanol–water partition coefficient (Wildman–Crippen LogP) is 3.15. The lowest BCUT2D eigenvalue weighted by Crippen LogP contribution is -2.34. The number of carbonyl (C=O) groups excluding carboxylic acids is 1. The van der Waals surface area contributed by atoms with Crippen molar-refractivity contribution in [3.63, 3.8) is 0 Å². The number of thiocarbonyl (C=S) groups is 1. The van der Waals surface area contributed by atoms with Crippen LogP contribution in [0.1, 0.15) is 15.9 Å². The molecule has 2 aromatic carbocycles. The van der Waals surface area contributed by atoms with Crippen LogP contribution >= 0.6 is 12.2 Å². The van der Waals surface area contributed by atoms with Gasteiger partial charge in [0.05, 0.1) is 11.2 Å². The molecule has 8 heteroatoms. The number of amides is 1. The fraction of sp³-hybridized carbons (Fsp3) is 0.105. The normalized spacial score (nSPS) is 10.8. The van der Waals surface area contributed by atoms with E-state index in [-0.39, 0.29) is 11.1 Å². The number of aromatic nitrogens is 1. The number of aromatic hydroxyl groups is 1. The number of pyridine rings is 1. The zero-order chi connectivity index (χ0) is 19.9. The molecule has 0 atom stereocenters. The van der Waals surface area contributed by atoms with Gasteiger partial charge in [0.1, 0.15) is 22.9 Å². The molecule has 5 nitrogen and oxygen atoms in total. The van der Waals surface area contributed by atoms with Crippen molar-refractivity contribution in [3.05, 3.63) is 69.5 Å². The third-order valence-electron chi connectivity index (χ3n) is 4.34. The molecule has 1 N–H and O–H groups in total. The lowest BCUT2D eigenvalue weighted by molar-refractivity contribution is 0.0988. The van der Waals surface area contributed by atoms with Crippen molar-refractivity contribution in [1.82, 2.24) is 4.57 Å². The van der Waals surface area contributed by atoms with E-state index in [1.807, 2.05) is 0 Å². The molecule has 0 bridgehead atoms. The molecule has 0 fully saturated rings. The Morgan fingerprint density at radius 3 is 2.63 bits per heavy atom. The lowest BCUT2D eigenvalue weighted by Gasteiger charge is -2.20. The maximum Gasteiger partial charge on any atom is 0.267 e. The van der Waals surface area contributed by atoms with Crippen LogP contribution in [0.2, 0.25) is 0 Å². The Morgan fingerprint density at radius 2 is 1.96 bits per heavy atom. The van der Waals surface area contributed by atoms with Gasteiger partial charge in [-0.25, -0.2) is 8.78 Å². The van der Waals surface area contributed by atoms with Gasteiger partial charge in [0, 0.05) is 30.9 Å². The number of nitrogens with zero attached hydrogens (tertiary/aromatic N) is 2. The molecule has 0 saturated heterocycles. The summed E-state index contributed by atoms with van der Waals surface area (Å²) in [6.07, 6.45) is 0. The van der Waals surface area contributed by atoms with Crippen LogP contribution in [0.4, 0.5) is 14.5 Å². The minimum absolute atomic E-state index is 0.228. The summed E-state index contributed by atoms with van der Waals surface area (Å²) in [5, 5.41) is 12.2. The van der Waals surface area contributed by atoms with E-state index in [1.165, 1.54) is 24.0 Å². The molecule has 27 heavy (non-hydrogen) atoms. The SMILES string of the molecule is CN(C(=O)c1c(O)c2c(C=S)cccc2n(C)c1=O)c1cc(F)ccc1F. The van der Waals surface area contributed by atoms with Crippen LogP contribution in [0, 0.1) is 11.6 Å². The highest BCUT2D eigenvalue weighted by Gasteiger charge is 2.27. The highest BCUT2D eigenvalue weighted by molar-refractivity contribution is 7.79. The van der Waals surface area contributed by atoms with Gasteiger partial charge in [-0.15, -0.1) is 0 Å². The quantitative estimate of drug-likeness (QED) is 0.701. The molecule has 1 aromatic heterocycles. The first-order chi connectivity index (χ1) is 12.8. The first kappa shape index (κ1) is 18.7. The molecule has 0 radical (unpaired) electrons. The van der Waals surface area contributed by atoms with Gasteiger partial charge in [-0.3, -0.25) is 9.59 Å². The van der Waals surface area contributed by atoms with E-state index in [4.69, 9.17) is 12.2 Å². The summed E-state index contributed by atoms with van der Waals surface area (Å²) in [6, 6.07) is 7.51. The standard InChI is InChI=1S/C19H14F2N2O3S/c1-22-13-5-3-4-10(9-27)15(13)17(24)16(18(22)25)19(26)23(2)14-8-11(20)6-7-12(14)21/h3-9,24H,1-2H3. The van der Waals surface area contributed by atoms with Gasteiger partial charge >= 0.3 is 0 Å². The highest BCUT2D eigenvalue weighted by atomic mass is 32.1. The van der Waals surface area contributed by atoms with E-state index in [0.29, 0.717) is 11.1 Å². The largest absolute Gasteiger partial charge is 0.506 e. The summed E-state index contributed by atoms with van der Waals surface area (Å²) in [5.74, 6) is -3.12. The monoisotopic (exact) mass is 388 g/mol. The maximum atomic E-state index is 14.0. The zero-order valence-electron chi connectivity index (χ0n) is 14.4. The number of halogens is 2. The second kappa shape index (κ2) is 6.88. The molecule has 0 aliphatic heterocycles. The average Bonchev–Trinajstić information content (AvgIpc) is 2.66. The van der Waals surface area contributed by atoms with Crippen molar-refractivity contribution >= 4 is 40.1 Å². The van der Waals surface area contributed by atoms with Crippen molar-refractivity contribution in [3.8, 4) is 5.75 Å². The van der Waals surface area contributed by atoms with E-state index < -0.39 is 34.4 Å². The fourth-order valence-corrected chi connectivity index (χ4v) is 3.11. The Hall–Kier alpha value is -3.13. The van der Waals surface area contributed by atoms with Crippen LogP contribution in [0.15, 0.2) is 41.2 Å².